The summed E-state index contributed by atoms with van der Waals surface area (Å²) in [5.41, 5.74) is 0. The summed E-state index contributed by atoms with van der Waals surface area (Å²) in [5, 5.41) is 3.97. The van der Waals surface area contributed by atoms with E-state index in [0.29, 0.717) is 11.8 Å². The summed E-state index contributed by atoms with van der Waals surface area (Å²) in [4.78, 5) is 11.6. The van der Waals surface area contributed by atoms with Crippen molar-refractivity contribution in [3.8, 4) is 0 Å². The summed E-state index contributed by atoms with van der Waals surface area (Å²) in [6.07, 6.45) is 7.24. The lowest BCUT2D eigenvalue weighted by Crippen LogP contribution is -2.30. The van der Waals surface area contributed by atoms with Crippen molar-refractivity contribution in [2.45, 2.75) is 45.4 Å². The maximum atomic E-state index is 11.6. The van der Waals surface area contributed by atoms with E-state index in [0.717, 1.165) is 18.3 Å². The number of carbonyl (C=O) groups is 1. The average molecular weight is 276 g/mol. The van der Waals surface area contributed by atoms with Crippen LogP contribution in [0.3, 0.4) is 0 Å². The van der Waals surface area contributed by atoms with E-state index in [2.05, 4.69) is 28.2 Å². The van der Waals surface area contributed by atoms with Gasteiger partial charge < -0.3 is 5.32 Å². The lowest BCUT2D eigenvalue weighted by molar-refractivity contribution is -0.122. The minimum Gasteiger partial charge on any atom is -0.356 e. The Balaban J connectivity index is 2.11. The normalized spacial score (nSPS) is 19.9. The molecule has 0 bridgehead atoms. The summed E-state index contributed by atoms with van der Waals surface area (Å²) in [5.74, 6) is 1.42. The zero-order chi connectivity index (χ0) is 11.1. The van der Waals surface area contributed by atoms with Crippen LogP contribution in [-0.2, 0) is 4.79 Å². The van der Waals surface area contributed by atoms with Crippen molar-refractivity contribution in [2.75, 3.05) is 11.9 Å². The van der Waals surface area contributed by atoms with E-state index in [1.807, 2.05) is 0 Å². The Kier molecular flexibility index (Phi) is 6.30. The molecule has 1 fully saturated rings. The number of carbonyl (C=O) groups excluding carboxylic acids is 1. The topological polar surface area (TPSA) is 29.1 Å². The molecular formula is C12H22BrNO. The minimum absolute atomic E-state index is 0.245. The Morgan fingerprint density at radius 1 is 1.40 bits per heavy atom. The van der Waals surface area contributed by atoms with Gasteiger partial charge in [0.2, 0.25) is 5.91 Å². The number of alkyl halides is 1. The molecule has 88 valence electrons. The van der Waals surface area contributed by atoms with Crippen LogP contribution >= 0.6 is 15.9 Å². The monoisotopic (exact) mass is 275 g/mol. The fourth-order valence-electron chi connectivity index (χ4n) is 2.07. The van der Waals surface area contributed by atoms with Gasteiger partial charge in [0.15, 0.2) is 0 Å². The van der Waals surface area contributed by atoms with Crippen LogP contribution in [0.5, 0.6) is 0 Å². The molecule has 0 aromatic heterocycles. The zero-order valence-corrected chi connectivity index (χ0v) is 11.2. The van der Waals surface area contributed by atoms with Gasteiger partial charge in [0.1, 0.15) is 0 Å². The molecule has 1 aliphatic carbocycles. The molecule has 1 aliphatic rings. The fourth-order valence-corrected chi connectivity index (χ4v) is 2.30. The lowest BCUT2D eigenvalue weighted by Gasteiger charge is -2.21. The molecule has 0 radical (unpaired) electrons. The van der Waals surface area contributed by atoms with E-state index in [-0.39, 0.29) is 5.91 Å². The van der Waals surface area contributed by atoms with Crippen molar-refractivity contribution >= 4 is 21.8 Å². The third-order valence-electron chi connectivity index (χ3n) is 3.11. The molecule has 1 atom stereocenters. The molecule has 1 saturated carbocycles. The average Bonchev–Trinajstić information content (AvgIpc) is 2.27. The number of amides is 1. The summed E-state index contributed by atoms with van der Waals surface area (Å²) in [6.45, 7) is 2.94. The van der Waals surface area contributed by atoms with Crippen LogP contribution in [-0.4, -0.2) is 17.8 Å². The van der Waals surface area contributed by atoms with Crippen LogP contribution in [0.4, 0.5) is 0 Å². The van der Waals surface area contributed by atoms with Crippen LogP contribution in [0.1, 0.15) is 45.4 Å². The molecule has 1 unspecified atom stereocenters. The lowest BCUT2D eigenvalue weighted by atomic mass is 9.87. The van der Waals surface area contributed by atoms with Gasteiger partial charge in [-0.15, -0.1) is 0 Å². The van der Waals surface area contributed by atoms with Gasteiger partial charge in [-0.05, 0) is 24.7 Å². The van der Waals surface area contributed by atoms with Crippen molar-refractivity contribution in [3.05, 3.63) is 0 Å². The van der Waals surface area contributed by atoms with E-state index in [9.17, 15) is 4.79 Å². The van der Waals surface area contributed by atoms with Crippen molar-refractivity contribution in [1.29, 1.82) is 0 Å². The largest absolute Gasteiger partial charge is 0.356 e. The first-order valence-electron chi connectivity index (χ1n) is 6.05. The number of rotatable bonds is 5. The van der Waals surface area contributed by atoms with Crippen molar-refractivity contribution < 1.29 is 4.79 Å². The highest BCUT2D eigenvalue weighted by Gasteiger charge is 2.16. The van der Waals surface area contributed by atoms with E-state index < -0.39 is 0 Å². The quantitative estimate of drug-likeness (QED) is 0.768. The fraction of sp³-hybridized carbons (Fsp3) is 0.917. The van der Waals surface area contributed by atoms with Crippen molar-refractivity contribution in [2.24, 2.45) is 11.8 Å². The Hall–Kier alpha value is -0.0500. The first kappa shape index (κ1) is 13.0. The summed E-state index contributed by atoms with van der Waals surface area (Å²) < 4.78 is 0. The van der Waals surface area contributed by atoms with E-state index in [4.69, 9.17) is 0 Å². The van der Waals surface area contributed by atoms with Gasteiger partial charge in [-0.25, -0.2) is 0 Å². The number of halogens is 1. The highest BCUT2D eigenvalue weighted by molar-refractivity contribution is 9.09. The van der Waals surface area contributed by atoms with Gasteiger partial charge in [0.05, 0.1) is 0 Å². The molecule has 1 amide bonds. The van der Waals surface area contributed by atoms with Gasteiger partial charge in [0, 0.05) is 18.3 Å². The van der Waals surface area contributed by atoms with Gasteiger partial charge in [-0.2, -0.15) is 0 Å². The molecule has 3 heteroatoms. The molecule has 0 spiro atoms. The molecular weight excluding hydrogens is 254 g/mol. The van der Waals surface area contributed by atoms with Gasteiger partial charge in [-0.1, -0.05) is 42.1 Å². The Labute approximate surface area is 101 Å². The highest BCUT2D eigenvalue weighted by Crippen LogP contribution is 2.25. The molecule has 2 nitrogen and oxygen atoms in total. The highest BCUT2D eigenvalue weighted by atomic mass is 79.9. The maximum Gasteiger partial charge on any atom is 0.220 e. The Morgan fingerprint density at radius 2 is 2.07 bits per heavy atom. The van der Waals surface area contributed by atoms with Gasteiger partial charge >= 0.3 is 0 Å². The molecule has 1 N–H and O–H groups in total. The van der Waals surface area contributed by atoms with E-state index in [1.54, 1.807) is 0 Å². The predicted molar refractivity (Wildman–Crippen MR) is 67.2 cm³/mol. The number of hydrogen-bond donors (Lipinski definition) is 1. The molecule has 0 aromatic rings. The second-order valence-corrected chi connectivity index (χ2v) is 5.42. The van der Waals surface area contributed by atoms with Gasteiger partial charge in [-0.3, -0.25) is 4.79 Å². The van der Waals surface area contributed by atoms with Crippen LogP contribution in [0, 0.1) is 11.8 Å². The summed E-state index contributed by atoms with van der Waals surface area (Å²) >= 11 is 3.41. The molecule has 1 rings (SSSR count). The molecule has 15 heavy (non-hydrogen) atoms. The molecule has 0 saturated heterocycles. The standard InChI is InChI=1S/C12H22BrNO/c1-10(8-13)9-14-12(15)7-11-5-3-2-4-6-11/h10-11H,2-9H2,1H3,(H,14,15). The third kappa shape index (κ3) is 5.55. The Bertz CT molecular complexity index is 190. The Morgan fingerprint density at radius 3 is 2.67 bits per heavy atom. The van der Waals surface area contributed by atoms with Crippen LogP contribution in [0.15, 0.2) is 0 Å². The molecule has 0 heterocycles. The number of hydrogen-bond acceptors (Lipinski definition) is 1. The molecule has 0 aromatic carbocycles. The first-order valence-corrected chi connectivity index (χ1v) is 7.17. The zero-order valence-electron chi connectivity index (χ0n) is 9.60. The van der Waals surface area contributed by atoms with Crippen molar-refractivity contribution in [1.82, 2.24) is 5.32 Å². The van der Waals surface area contributed by atoms with Gasteiger partial charge in [0.25, 0.3) is 0 Å². The van der Waals surface area contributed by atoms with Crippen molar-refractivity contribution in [3.63, 3.8) is 0 Å². The second kappa shape index (κ2) is 7.26. The van der Waals surface area contributed by atoms with Crippen LogP contribution in [0.2, 0.25) is 0 Å². The number of nitrogens with one attached hydrogen (secondary N) is 1. The SMILES string of the molecule is CC(CBr)CNC(=O)CC1CCCCC1. The maximum absolute atomic E-state index is 11.6. The summed E-state index contributed by atoms with van der Waals surface area (Å²) in [6, 6.07) is 0. The third-order valence-corrected chi connectivity index (χ3v) is 4.22. The predicted octanol–water partition coefficient (Wildman–Crippen LogP) is 3.10. The minimum atomic E-state index is 0.245. The van der Waals surface area contributed by atoms with E-state index >= 15 is 0 Å². The first-order chi connectivity index (χ1) is 7.22. The molecule has 0 aliphatic heterocycles. The smallest absolute Gasteiger partial charge is 0.220 e. The van der Waals surface area contributed by atoms with Crippen LogP contribution in [0.25, 0.3) is 0 Å². The summed E-state index contributed by atoms with van der Waals surface area (Å²) in [7, 11) is 0. The van der Waals surface area contributed by atoms with Crippen LogP contribution < -0.4 is 5.32 Å². The van der Waals surface area contributed by atoms with E-state index in [1.165, 1.54) is 32.1 Å². The second-order valence-electron chi connectivity index (χ2n) is 4.77.